The first-order valence-electron chi connectivity index (χ1n) is 12.8. The van der Waals surface area contributed by atoms with Gasteiger partial charge in [0, 0.05) is 19.9 Å². The van der Waals surface area contributed by atoms with Gasteiger partial charge >= 0.3 is 0 Å². The van der Waals surface area contributed by atoms with E-state index in [2.05, 4.69) is 10.6 Å². The van der Waals surface area contributed by atoms with E-state index in [0.717, 1.165) is 11.1 Å². The summed E-state index contributed by atoms with van der Waals surface area (Å²) < 4.78 is 28.6. The minimum Gasteiger partial charge on any atom is -0.348 e. The zero-order valence-corrected chi connectivity index (χ0v) is 22.2. The Morgan fingerprint density at radius 3 is 1.97 bits per heavy atom. The predicted octanol–water partition coefficient (Wildman–Crippen LogP) is 3.98. The van der Waals surface area contributed by atoms with E-state index in [1.165, 1.54) is 11.2 Å². The van der Waals surface area contributed by atoms with Crippen LogP contribution in [0.1, 0.15) is 30.9 Å². The number of allylic oxidation sites excluding steroid dienone is 1. The molecule has 0 saturated carbocycles. The van der Waals surface area contributed by atoms with Gasteiger partial charge in [-0.25, -0.2) is 8.42 Å². The monoisotopic (exact) mass is 531 g/mol. The van der Waals surface area contributed by atoms with Crippen LogP contribution in [-0.4, -0.2) is 38.9 Å². The molecule has 2 N–H and O–H groups in total. The molecule has 7 nitrogen and oxygen atoms in total. The van der Waals surface area contributed by atoms with Gasteiger partial charge < -0.3 is 10.6 Å². The third-order valence-corrected chi connectivity index (χ3v) is 8.42. The lowest BCUT2D eigenvalue weighted by Crippen LogP contribution is -2.50. The number of para-hydroxylation sites is 1. The number of benzene rings is 3. The van der Waals surface area contributed by atoms with Crippen molar-refractivity contribution < 1.29 is 18.0 Å². The Morgan fingerprint density at radius 2 is 1.39 bits per heavy atom. The fourth-order valence-corrected chi connectivity index (χ4v) is 6.44. The molecule has 0 radical (unpaired) electrons. The lowest BCUT2D eigenvalue weighted by molar-refractivity contribution is -0.128. The van der Waals surface area contributed by atoms with Crippen LogP contribution in [0.4, 0.5) is 5.69 Å². The number of nitrogens with one attached hydrogen (secondary N) is 2. The lowest BCUT2D eigenvalue weighted by Gasteiger charge is -2.31. The molecule has 1 heterocycles. The van der Waals surface area contributed by atoms with Crippen molar-refractivity contribution in [3.63, 3.8) is 0 Å². The van der Waals surface area contributed by atoms with Gasteiger partial charge in [-0.3, -0.25) is 13.9 Å². The van der Waals surface area contributed by atoms with Crippen molar-refractivity contribution in [3.05, 3.63) is 113 Å². The second kappa shape index (κ2) is 12.6. The van der Waals surface area contributed by atoms with Crippen molar-refractivity contribution in [1.29, 1.82) is 0 Å². The third kappa shape index (κ3) is 7.10. The van der Waals surface area contributed by atoms with Crippen LogP contribution in [0.15, 0.2) is 102 Å². The number of hydrogen-bond acceptors (Lipinski definition) is 4. The SMILES string of the molecule is CC(=O)N[C@@H](Cc1ccccc1)C(=O)N[C@H](/C=C1\CCCN(c2ccccc2)S1(=O)=O)Cc1ccccc1. The number of rotatable bonds is 9. The highest BCUT2D eigenvalue weighted by Gasteiger charge is 2.32. The Hall–Kier alpha value is -3.91. The van der Waals surface area contributed by atoms with Gasteiger partial charge in [-0.2, -0.15) is 0 Å². The molecular weight excluding hydrogens is 498 g/mol. The number of nitrogens with zero attached hydrogens (tertiary/aromatic N) is 1. The first-order valence-corrected chi connectivity index (χ1v) is 14.2. The Balaban J connectivity index is 1.62. The first kappa shape index (κ1) is 27.1. The van der Waals surface area contributed by atoms with E-state index >= 15 is 0 Å². The molecule has 0 unspecified atom stereocenters. The van der Waals surface area contributed by atoms with E-state index in [-0.39, 0.29) is 16.7 Å². The van der Waals surface area contributed by atoms with Gasteiger partial charge in [0.1, 0.15) is 6.04 Å². The number of hydrogen-bond donors (Lipinski definition) is 2. The van der Waals surface area contributed by atoms with Crippen LogP contribution in [-0.2, 0) is 32.5 Å². The van der Waals surface area contributed by atoms with Gasteiger partial charge in [-0.1, -0.05) is 78.9 Å². The maximum atomic E-state index is 13.6. The van der Waals surface area contributed by atoms with Crippen molar-refractivity contribution >= 4 is 27.5 Å². The number of sulfonamides is 1. The normalized spacial score (nSPS) is 17.4. The summed E-state index contributed by atoms with van der Waals surface area (Å²) in [5.41, 5.74) is 2.49. The third-order valence-electron chi connectivity index (χ3n) is 6.44. The van der Waals surface area contributed by atoms with Crippen LogP contribution in [0.5, 0.6) is 0 Å². The van der Waals surface area contributed by atoms with Crippen LogP contribution in [0.2, 0.25) is 0 Å². The van der Waals surface area contributed by atoms with Crippen molar-refractivity contribution in [2.24, 2.45) is 0 Å². The van der Waals surface area contributed by atoms with E-state index in [1.807, 2.05) is 78.9 Å². The molecule has 1 aliphatic rings. The molecular formula is C30H33N3O4S. The fourth-order valence-electron chi connectivity index (χ4n) is 4.65. The van der Waals surface area contributed by atoms with Crippen molar-refractivity contribution in [3.8, 4) is 0 Å². The Bertz CT molecular complexity index is 1360. The predicted molar refractivity (Wildman–Crippen MR) is 150 cm³/mol. The highest BCUT2D eigenvalue weighted by molar-refractivity contribution is 7.96. The molecule has 1 saturated heterocycles. The molecule has 8 heteroatoms. The molecule has 0 bridgehead atoms. The summed E-state index contributed by atoms with van der Waals surface area (Å²) in [6, 6.07) is 26.7. The second-order valence-corrected chi connectivity index (χ2v) is 11.3. The summed E-state index contributed by atoms with van der Waals surface area (Å²) in [4.78, 5) is 25.7. The zero-order valence-electron chi connectivity index (χ0n) is 21.4. The van der Waals surface area contributed by atoms with E-state index in [4.69, 9.17) is 0 Å². The first-order chi connectivity index (χ1) is 18.3. The molecule has 0 spiro atoms. The molecule has 4 rings (SSSR count). The lowest BCUT2D eigenvalue weighted by atomic mass is 10.0. The minimum absolute atomic E-state index is 0.285. The van der Waals surface area contributed by atoms with Gasteiger partial charge in [-0.15, -0.1) is 0 Å². The van der Waals surface area contributed by atoms with Gasteiger partial charge in [0.15, 0.2) is 0 Å². The van der Waals surface area contributed by atoms with Crippen LogP contribution >= 0.6 is 0 Å². The summed E-state index contributed by atoms with van der Waals surface area (Å²) in [6.07, 6.45) is 3.47. The van der Waals surface area contributed by atoms with Crippen molar-refractivity contribution in [2.45, 2.75) is 44.7 Å². The van der Waals surface area contributed by atoms with Crippen LogP contribution < -0.4 is 14.9 Å². The van der Waals surface area contributed by atoms with E-state index in [9.17, 15) is 18.0 Å². The standard InChI is InChI=1S/C30H33N3O4S/c1-23(34)31-29(21-25-14-7-3-8-15-25)30(35)32-26(20-24-12-5-2-6-13-24)22-28-18-11-19-33(38(28,36)37)27-16-9-4-10-17-27/h2-10,12-17,22,26,29H,11,18-21H2,1H3,(H,31,34)(H,32,35)/b28-22+/t26-,29-/m0/s1. The molecule has 38 heavy (non-hydrogen) atoms. The number of carbonyl (C=O) groups is 2. The largest absolute Gasteiger partial charge is 0.348 e. The van der Waals surface area contributed by atoms with E-state index in [0.29, 0.717) is 37.9 Å². The quantitative estimate of drug-likeness (QED) is 0.437. The maximum Gasteiger partial charge on any atom is 0.260 e. The summed E-state index contributed by atoms with van der Waals surface area (Å²) >= 11 is 0. The molecule has 198 valence electrons. The van der Waals surface area contributed by atoms with Gasteiger partial charge in [0.05, 0.1) is 16.6 Å². The average molecular weight is 532 g/mol. The van der Waals surface area contributed by atoms with Crippen LogP contribution in [0.25, 0.3) is 0 Å². The van der Waals surface area contributed by atoms with Crippen LogP contribution in [0, 0.1) is 0 Å². The zero-order chi connectivity index (χ0) is 27.0. The molecule has 0 aromatic heterocycles. The second-order valence-electron chi connectivity index (χ2n) is 9.40. The Morgan fingerprint density at radius 1 is 0.842 bits per heavy atom. The topological polar surface area (TPSA) is 95.6 Å². The number of anilines is 1. The van der Waals surface area contributed by atoms with Crippen molar-refractivity contribution in [2.75, 3.05) is 10.8 Å². The Kier molecular flexibility index (Phi) is 8.97. The van der Waals surface area contributed by atoms with Gasteiger partial charge in [0.25, 0.3) is 10.0 Å². The highest BCUT2D eigenvalue weighted by Crippen LogP contribution is 2.30. The summed E-state index contributed by atoms with van der Waals surface area (Å²) in [6.45, 7) is 1.78. The molecule has 0 aliphatic carbocycles. The molecule has 2 amide bonds. The summed E-state index contributed by atoms with van der Waals surface area (Å²) in [5, 5.41) is 5.77. The fraction of sp³-hybridized carbons (Fsp3) is 0.267. The van der Waals surface area contributed by atoms with Crippen molar-refractivity contribution in [1.82, 2.24) is 10.6 Å². The average Bonchev–Trinajstić information content (AvgIpc) is 2.90. The van der Waals surface area contributed by atoms with Gasteiger partial charge in [-0.05, 0) is 48.6 Å². The molecule has 1 fully saturated rings. The Labute approximate surface area is 224 Å². The maximum absolute atomic E-state index is 13.6. The summed E-state index contributed by atoms with van der Waals surface area (Å²) in [7, 11) is -3.75. The molecule has 2 atom stereocenters. The van der Waals surface area contributed by atoms with Crippen LogP contribution in [0.3, 0.4) is 0 Å². The molecule has 1 aliphatic heterocycles. The number of carbonyl (C=O) groups excluding carboxylic acids is 2. The molecule has 3 aromatic rings. The smallest absolute Gasteiger partial charge is 0.260 e. The van der Waals surface area contributed by atoms with Gasteiger partial charge in [0.2, 0.25) is 11.8 Å². The molecule has 3 aromatic carbocycles. The van der Waals surface area contributed by atoms with E-state index in [1.54, 1.807) is 18.2 Å². The highest BCUT2D eigenvalue weighted by atomic mass is 32.2. The summed E-state index contributed by atoms with van der Waals surface area (Å²) in [5.74, 6) is -0.678. The number of amides is 2. The van der Waals surface area contributed by atoms with E-state index < -0.39 is 22.1 Å². The minimum atomic E-state index is -3.75.